The van der Waals surface area contributed by atoms with E-state index in [1.54, 1.807) is 31.3 Å². The van der Waals surface area contributed by atoms with Crippen molar-refractivity contribution in [3.8, 4) is 5.75 Å². The van der Waals surface area contributed by atoms with Gasteiger partial charge in [-0.2, -0.15) is 0 Å². The molecule has 0 aromatic heterocycles. The summed E-state index contributed by atoms with van der Waals surface area (Å²) in [6.07, 6.45) is 0.456. The number of ether oxygens (including phenoxy) is 1. The van der Waals surface area contributed by atoms with Crippen LogP contribution in [0.4, 0.5) is 14.9 Å². The summed E-state index contributed by atoms with van der Waals surface area (Å²) >= 11 is 0. The quantitative estimate of drug-likeness (QED) is 0.847. The Morgan fingerprint density at radius 3 is 2.52 bits per heavy atom. The molecule has 3 N–H and O–H groups in total. The number of nitrogens with one attached hydrogen (secondary N) is 1. The van der Waals surface area contributed by atoms with E-state index in [2.05, 4.69) is 5.32 Å². The van der Waals surface area contributed by atoms with Crippen LogP contribution in [0.1, 0.15) is 6.92 Å². The number of carbonyl (C=O) groups excluding carboxylic acids is 1. The van der Waals surface area contributed by atoms with Crippen LogP contribution in [-0.2, 0) is 0 Å². The molecule has 1 rings (SSSR count). The van der Waals surface area contributed by atoms with Crippen molar-refractivity contribution in [1.82, 2.24) is 5.32 Å². The minimum atomic E-state index is -0.174. The molecule has 0 spiro atoms. The summed E-state index contributed by atoms with van der Waals surface area (Å²) < 4.78 is 17.7. The van der Waals surface area contributed by atoms with Crippen molar-refractivity contribution in [1.29, 1.82) is 0 Å². The lowest BCUT2D eigenvalue weighted by atomic mass is 10.3. The van der Waals surface area contributed by atoms with Crippen LogP contribution in [0.5, 0.6) is 5.75 Å². The van der Waals surface area contributed by atoms with Crippen LogP contribution in [0, 0.1) is 0 Å². The second kappa shape index (κ2) is 10.0. The molecule has 2 amide bonds. The van der Waals surface area contributed by atoms with E-state index in [-0.39, 0.29) is 31.6 Å². The molecule has 0 atom stereocenters. The number of rotatable bonds is 6. The lowest BCUT2D eigenvalue weighted by Crippen LogP contribution is -2.36. The fourth-order valence-corrected chi connectivity index (χ4v) is 1.46. The maximum atomic E-state index is 12.3. The SMILES string of the molecule is CCNC(=O)N(C)c1ccc(OCC(=CF)CN)cc1.Cl. The summed E-state index contributed by atoms with van der Waals surface area (Å²) in [6, 6.07) is 6.78. The molecular weight excluding hydrogens is 297 g/mol. The fourth-order valence-electron chi connectivity index (χ4n) is 1.46. The van der Waals surface area contributed by atoms with Gasteiger partial charge >= 0.3 is 6.03 Å². The molecule has 0 aliphatic heterocycles. The normalized spacial score (nSPS) is 10.6. The average Bonchev–Trinajstić information content (AvgIpc) is 2.48. The van der Waals surface area contributed by atoms with Crippen molar-refractivity contribution in [2.45, 2.75) is 6.92 Å². The van der Waals surface area contributed by atoms with Crippen molar-refractivity contribution in [3.05, 3.63) is 36.2 Å². The first kappa shape index (κ1) is 19.2. The maximum Gasteiger partial charge on any atom is 0.321 e. The van der Waals surface area contributed by atoms with Crippen molar-refractivity contribution in [2.24, 2.45) is 5.73 Å². The van der Waals surface area contributed by atoms with E-state index in [0.717, 1.165) is 5.69 Å². The first-order chi connectivity index (χ1) is 9.62. The van der Waals surface area contributed by atoms with Gasteiger partial charge < -0.3 is 15.8 Å². The van der Waals surface area contributed by atoms with E-state index in [1.807, 2.05) is 6.92 Å². The number of carbonyl (C=O) groups is 1. The maximum absolute atomic E-state index is 12.3. The van der Waals surface area contributed by atoms with Crippen molar-refractivity contribution in [3.63, 3.8) is 0 Å². The van der Waals surface area contributed by atoms with Crippen molar-refractivity contribution < 1.29 is 13.9 Å². The highest BCUT2D eigenvalue weighted by Gasteiger charge is 2.09. The molecule has 1 aromatic rings. The third kappa shape index (κ3) is 6.01. The Bertz CT molecular complexity index is 466. The first-order valence-electron chi connectivity index (χ1n) is 6.35. The Hall–Kier alpha value is -1.79. The van der Waals surface area contributed by atoms with Crippen LogP contribution in [-0.4, -0.2) is 32.8 Å². The Labute approximate surface area is 130 Å². The van der Waals surface area contributed by atoms with Crippen LogP contribution in [0.3, 0.4) is 0 Å². The van der Waals surface area contributed by atoms with E-state index in [4.69, 9.17) is 10.5 Å². The molecule has 21 heavy (non-hydrogen) atoms. The van der Waals surface area contributed by atoms with Crippen LogP contribution in [0.15, 0.2) is 36.2 Å². The molecule has 0 bridgehead atoms. The van der Waals surface area contributed by atoms with E-state index in [9.17, 15) is 9.18 Å². The average molecular weight is 318 g/mol. The molecule has 118 valence electrons. The number of anilines is 1. The van der Waals surface area contributed by atoms with Gasteiger partial charge in [0.05, 0.1) is 6.33 Å². The van der Waals surface area contributed by atoms with Gasteiger partial charge in [-0.1, -0.05) is 0 Å². The summed E-state index contributed by atoms with van der Waals surface area (Å²) in [5, 5.41) is 2.71. The summed E-state index contributed by atoms with van der Waals surface area (Å²) in [5.74, 6) is 0.589. The molecule has 0 aliphatic rings. The number of urea groups is 1. The van der Waals surface area contributed by atoms with Crippen molar-refractivity contribution in [2.75, 3.05) is 31.6 Å². The third-order valence-electron chi connectivity index (χ3n) is 2.70. The van der Waals surface area contributed by atoms with Crippen LogP contribution >= 0.6 is 12.4 Å². The number of hydrogen-bond acceptors (Lipinski definition) is 3. The highest BCUT2D eigenvalue weighted by molar-refractivity contribution is 5.91. The van der Waals surface area contributed by atoms with E-state index in [1.165, 1.54) is 4.90 Å². The number of nitrogens with two attached hydrogens (primary N) is 1. The molecule has 0 unspecified atom stereocenters. The largest absolute Gasteiger partial charge is 0.489 e. The number of hydrogen-bond donors (Lipinski definition) is 2. The van der Waals surface area contributed by atoms with Crippen LogP contribution < -0.4 is 20.7 Å². The van der Waals surface area contributed by atoms with E-state index < -0.39 is 0 Å². The van der Waals surface area contributed by atoms with Crippen LogP contribution in [0.25, 0.3) is 0 Å². The van der Waals surface area contributed by atoms with Gasteiger partial charge in [0.2, 0.25) is 0 Å². The molecule has 0 saturated heterocycles. The number of nitrogens with zero attached hydrogens (tertiary/aromatic N) is 1. The molecule has 0 saturated carbocycles. The van der Waals surface area contributed by atoms with Gasteiger partial charge in [0.25, 0.3) is 0 Å². The minimum Gasteiger partial charge on any atom is -0.489 e. The second-order valence-electron chi connectivity index (χ2n) is 4.15. The second-order valence-corrected chi connectivity index (χ2v) is 4.15. The summed E-state index contributed by atoms with van der Waals surface area (Å²) in [5.41, 5.74) is 6.46. The molecule has 0 radical (unpaired) electrons. The van der Waals surface area contributed by atoms with Gasteiger partial charge in [0.1, 0.15) is 12.4 Å². The van der Waals surface area contributed by atoms with Crippen molar-refractivity contribution >= 4 is 24.1 Å². The van der Waals surface area contributed by atoms with Crippen LogP contribution in [0.2, 0.25) is 0 Å². The molecule has 1 aromatic carbocycles. The zero-order valence-electron chi connectivity index (χ0n) is 12.1. The van der Waals surface area contributed by atoms with Gasteiger partial charge in [-0.25, -0.2) is 9.18 Å². The molecule has 7 heteroatoms. The topological polar surface area (TPSA) is 67.6 Å². The highest BCUT2D eigenvalue weighted by atomic mass is 35.5. The zero-order chi connectivity index (χ0) is 15.0. The zero-order valence-corrected chi connectivity index (χ0v) is 13.0. The Balaban J connectivity index is 0.00000400. The molecule has 5 nitrogen and oxygen atoms in total. The molecule has 0 fully saturated rings. The predicted molar refractivity (Wildman–Crippen MR) is 84.9 cm³/mol. The summed E-state index contributed by atoms with van der Waals surface area (Å²) in [4.78, 5) is 13.1. The molecule has 0 aliphatic carbocycles. The van der Waals surface area contributed by atoms with E-state index >= 15 is 0 Å². The first-order valence-corrected chi connectivity index (χ1v) is 6.35. The smallest absolute Gasteiger partial charge is 0.321 e. The Kier molecular flexibility index (Phi) is 9.16. The molecule has 0 heterocycles. The van der Waals surface area contributed by atoms with Gasteiger partial charge in [0, 0.05) is 31.4 Å². The Morgan fingerprint density at radius 1 is 1.43 bits per heavy atom. The standard InChI is InChI=1S/C14H20FN3O2.ClH/c1-3-17-14(19)18(2)12-4-6-13(7-5-12)20-10-11(8-15)9-16;/h4-8H,3,9-10,16H2,1-2H3,(H,17,19);1H. The number of halogens is 2. The lowest BCUT2D eigenvalue weighted by Gasteiger charge is -2.18. The monoisotopic (exact) mass is 317 g/mol. The van der Waals surface area contributed by atoms with E-state index in [0.29, 0.717) is 24.2 Å². The summed E-state index contributed by atoms with van der Waals surface area (Å²) in [6.45, 7) is 2.66. The Morgan fingerprint density at radius 2 is 2.05 bits per heavy atom. The minimum absolute atomic E-state index is 0. The fraction of sp³-hybridized carbons (Fsp3) is 0.357. The van der Waals surface area contributed by atoms with Gasteiger partial charge in [0.15, 0.2) is 0 Å². The summed E-state index contributed by atoms with van der Waals surface area (Å²) in [7, 11) is 1.68. The third-order valence-corrected chi connectivity index (χ3v) is 2.70. The number of amides is 2. The number of benzene rings is 1. The van der Waals surface area contributed by atoms with Gasteiger partial charge in [-0.15, -0.1) is 12.4 Å². The lowest BCUT2D eigenvalue weighted by molar-refractivity contribution is 0.248. The van der Waals surface area contributed by atoms with Gasteiger partial charge in [-0.05, 0) is 31.2 Å². The highest BCUT2D eigenvalue weighted by Crippen LogP contribution is 2.19. The predicted octanol–water partition coefficient (Wildman–Crippen LogP) is 2.47. The van der Waals surface area contributed by atoms with Gasteiger partial charge in [-0.3, -0.25) is 4.90 Å². The molecular formula is C14H21ClFN3O2.